The molecule has 194 valence electrons. The topological polar surface area (TPSA) is 78.0 Å². The summed E-state index contributed by atoms with van der Waals surface area (Å²) < 4.78 is 39.2. The van der Waals surface area contributed by atoms with Gasteiger partial charge in [0.2, 0.25) is 17.7 Å². The Morgan fingerprint density at radius 1 is 0.973 bits per heavy atom. The van der Waals surface area contributed by atoms with Crippen LogP contribution in [0.25, 0.3) is 0 Å². The molecule has 0 aliphatic carbocycles. The number of nitrogens with zero attached hydrogens (tertiary/aromatic N) is 3. The van der Waals surface area contributed by atoms with Gasteiger partial charge in [-0.25, -0.2) is 0 Å². The lowest BCUT2D eigenvalue weighted by Gasteiger charge is -2.49. The summed E-state index contributed by atoms with van der Waals surface area (Å²) in [7, 11) is 0. The normalized spacial score (nSPS) is 27.2. The van der Waals surface area contributed by atoms with Gasteiger partial charge in [0.05, 0.1) is 30.0 Å². The van der Waals surface area contributed by atoms with Gasteiger partial charge >= 0.3 is 6.18 Å². The van der Waals surface area contributed by atoms with E-state index < -0.39 is 58.8 Å². The molecule has 0 radical (unpaired) electrons. The predicted molar refractivity (Wildman–Crippen MR) is 126 cm³/mol. The van der Waals surface area contributed by atoms with Crippen LogP contribution >= 0.6 is 0 Å². The van der Waals surface area contributed by atoms with E-state index in [1.165, 1.54) is 9.80 Å². The van der Waals surface area contributed by atoms with Crippen molar-refractivity contribution in [3.05, 3.63) is 71.3 Å². The van der Waals surface area contributed by atoms with Crippen LogP contribution in [0.15, 0.2) is 54.6 Å². The highest BCUT2D eigenvalue weighted by Crippen LogP contribution is 2.54. The van der Waals surface area contributed by atoms with E-state index >= 15 is 0 Å². The molecule has 7 nitrogen and oxygen atoms in total. The average molecular weight is 514 g/mol. The van der Waals surface area contributed by atoms with E-state index in [-0.39, 0.29) is 25.1 Å². The molecule has 2 bridgehead atoms. The molecule has 0 N–H and O–H groups in total. The minimum absolute atomic E-state index is 0.0328. The molecule has 0 unspecified atom stereocenters. The third kappa shape index (κ3) is 3.56. The number of fused-ring (bicyclic) bond motifs is 5. The fraction of sp³-hybridized carbons (Fsp3) is 0.407. The van der Waals surface area contributed by atoms with Crippen molar-refractivity contribution in [3.8, 4) is 0 Å². The summed E-state index contributed by atoms with van der Waals surface area (Å²) >= 11 is 0. The van der Waals surface area contributed by atoms with Gasteiger partial charge in [0.25, 0.3) is 5.91 Å². The first kappa shape index (κ1) is 25.0. The molecule has 2 aromatic carbocycles. The number of benzene rings is 2. The Balaban J connectivity index is 1.56. The van der Waals surface area contributed by atoms with Gasteiger partial charge in [-0.1, -0.05) is 37.3 Å². The first-order valence-corrected chi connectivity index (χ1v) is 12.3. The summed E-state index contributed by atoms with van der Waals surface area (Å²) in [4.78, 5) is 59.2. The first-order valence-electron chi connectivity index (χ1n) is 12.3. The monoisotopic (exact) mass is 513 g/mol. The Hall–Kier alpha value is -3.69. The van der Waals surface area contributed by atoms with Crippen LogP contribution in [0.4, 0.5) is 13.2 Å². The van der Waals surface area contributed by atoms with Crippen molar-refractivity contribution < 1.29 is 32.3 Å². The van der Waals surface area contributed by atoms with Gasteiger partial charge in [-0.05, 0) is 43.2 Å². The fourth-order valence-corrected chi connectivity index (χ4v) is 6.27. The largest absolute Gasteiger partial charge is 0.416 e. The van der Waals surface area contributed by atoms with Gasteiger partial charge in [0.1, 0.15) is 5.54 Å². The highest BCUT2D eigenvalue weighted by molar-refractivity contribution is 6.13. The molecule has 5 rings (SSSR count). The van der Waals surface area contributed by atoms with Crippen LogP contribution in [0.2, 0.25) is 0 Å². The lowest BCUT2D eigenvalue weighted by Crippen LogP contribution is -2.69. The van der Waals surface area contributed by atoms with E-state index in [1.807, 2.05) is 6.07 Å². The zero-order chi connectivity index (χ0) is 26.7. The molecule has 4 atom stereocenters. The molecule has 37 heavy (non-hydrogen) atoms. The minimum Gasteiger partial charge on any atom is -0.339 e. The second-order valence-electron chi connectivity index (χ2n) is 9.69. The van der Waals surface area contributed by atoms with Gasteiger partial charge in [-0.2, -0.15) is 13.2 Å². The average Bonchev–Trinajstić information content (AvgIpc) is 3.28. The van der Waals surface area contributed by atoms with E-state index in [0.29, 0.717) is 6.54 Å². The number of carbonyl (C=O) groups is 4. The summed E-state index contributed by atoms with van der Waals surface area (Å²) in [5.74, 6) is -3.97. The zero-order valence-corrected chi connectivity index (χ0v) is 20.4. The molecule has 2 aromatic rings. The molecule has 3 fully saturated rings. The molecule has 3 heterocycles. The number of amides is 4. The van der Waals surface area contributed by atoms with E-state index in [1.54, 1.807) is 43.0 Å². The van der Waals surface area contributed by atoms with Crippen LogP contribution in [0.3, 0.4) is 0 Å². The second kappa shape index (κ2) is 8.71. The Kier molecular flexibility index (Phi) is 5.88. The van der Waals surface area contributed by atoms with E-state index in [4.69, 9.17) is 0 Å². The van der Waals surface area contributed by atoms with Crippen molar-refractivity contribution in [1.29, 1.82) is 0 Å². The minimum atomic E-state index is -4.56. The van der Waals surface area contributed by atoms with E-state index in [0.717, 1.165) is 29.8 Å². The summed E-state index contributed by atoms with van der Waals surface area (Å²) in [6.07, 6.45) is -4.48. The molecule has 10 heteroatoms. The SMILES string of the molecule is CCN1C[C@@H]2[C@@H]3C(=O)N(Cc4ccccc4)C(=O)[C@@H]3[C@](CC)(C1=O)N2C(=O)c1ccc(C(F)(F)F)cc1. The number of rotatable bonds is 5. The number of likely N-dealkylation sites (N-methyl/N-ethyl adjacent to an activating group) is 1. The molecule has 3 saturated heterocycles. The summed E-state index contributed by atoms with van der Waals surface area (Å²) in [6.45, 7) is 3.96. The maximum atomic E-state index is 13.9. The van der Waals surface area contributed by atoms with Gasteiger partial charge in [0.15, 0.2) is 0 Å². The van der Waals surface area contributed by atoms with Gasteiger partial charge in [-0.3, -0.25) is 24.1 Å². The van der Waals surface area contributed by atoms with Crippen LogP contribution in [-0.2, 0) is 27.1 Å². The number of carbonyl (C=O) groups excluding carboxylic acids is 4. The lowest BCUT2D eigenvalue weighted by atomic mass is 9.78. The lowest BCUT2D eigenvalue weighted by molar-refractivity contribution is -0.157. The third-order valence-corrected chi connectivity index (χ3v) is 7.98. The number of hydrogen-bond donors (Lipinski definition) is 0. The van der Waals surface area contributed by atoms with Crippen LogP contribution in [0, 0.1) is 11.8 Å². The quantitative estimate of drug-likeness (QED) is 0.575. The number of halogens is 3. The molecule has 4 amide bonds. The van der Waals surface area contributed by atoms with Crippen LogP contribution < -0.4 is 0 Å². The highest BCUT2D eigenvalue weighted by Gasteiger charge is 2.74. The smallest absolute Gasteiger partial charge is 0.339 e. The Morgan fingerprint density at radius 3 is 2.19 bits per heavy atom. The van der Waals surface area contributed by atoms with Gasteiger partial charge in [-0.15, -0.1) is 0 Å². The van der Waals surface area contributed by atoms with Gasteiger partial charge in [0, 0.05) is 18.7 Å². The molecular weight excluding hydrogens is 487 g/mol. The van der Waals surface area contributed by atoms with Crippen molar-refractivity contribution in [2.75, 3.05) is 13.1 Å². The highest BCUT2D eigenvalue weighted by atomic mass is 19.4. The third-order valence-electron chi connectivity index (χ3n) is 7.98. The van der Waals surface area contributed by atoms with E-state index in [2.05, 4.69) is 0 Å². The molecule has 3 aliphatic heterocycles. The number of likely N-dealkylation sites (tertiary alicyclic amines) is 2. The molecule has 0 aromatic heterocycles. The van der Waals surface area contributed by atoms with Gasteiger partial charge < -0.3 is 9.80 Å². The van der Waals surface area contributed by atoms with E-state index in [9.17, 15) is 32.3 Å². The summed E-state index contributed by atoms with van der Waals surface area (Å²) in [6, 6.07) is 12.0. The first-order chi connectivity index (χ1) is 17.6. The maximum Gasteiger partial charge on any atom is 0.416 e. The van der Waals surface area contributed by atoms with Crippen molar-refractivity contribution in [3.63, 3.8) is 0 Å². The van der Waals surface area contributed by atoms with Crippen LogP contribution in [0.1, 0.15) is 41.8 Å². The fourth-order valence-electron chi connectivity index (χ4n) is 6.27. The summed E-state index contributed by atoms with van der Waals surface area (Å²) in [5, 5.41) is 0. The van der Waals surface area contributed by atoms with Crippen molar-refractivity contribution in [2.24, 2.45) is 11.8 Å². The van der Waals surface area contributed by atoms with Crippen molar-refractivity contribution in [2.45, 2.75) is 44.6 Å². The Bertz CT molecular complexity index is 1260. The Morgan fingerprint density at radius 2 is 1.62 bits per heavy atom. The molecule has 0 saturated carbocycles. The molecule has 0 spiro atoms. The molecular formula is C27H26F3N3O4. The number of piperazine rings is 1. The maximum absolute atomic E-state index is 13.9. The zero-order valence-electron chi connectivity index (χ0n) is 20.4. The van der Waals surface area contributed by atoms with Crippen molar-refractivity contribution in [1.82, 2.24) is 14.7 Å². The standard InChI is InChI=1S/C27H26F3N3O4/c1-3-26-21-20(23(35)32(24(21)36)14-16-8-6-5-7-9-16)19(15-31(4-2)25(26)37)33(26)22(34)17-10-12-18(13-11-17)27(28,29)30/h5-13,19-21H,3-4,14-15H2,1-2H3/t19-,20+,21-,26-/m1/s1. The van der Waals surface area contributed by atoms with Crippen LogP contribution in [0.5, 0.6) is 0 Å². The predicted octanol–water partition coefficient (Wildman–Crippen LogP) is 3.34. The van der Waals surface area contributed by atoms with Crippen LogP contribution in [-0.4, -0.2) is 63.0 Å². The molecule has 3 aliphatic rings. The summed E-state index contributed by atoms with van der Waals surface area (Å²) in [5.41, 5.74) is -1.77. The number of imide groups is 1. The Labute approximate surface area is 211 Å². The number of hydrogen-bond acceptors (Lipinski definition) is 4. The second-order valence-corrected chi connectivity index (χ2v) is 9.69. The number of alkyl halides is 3. The van der Waals surface area contributed by atoms with Crippen molar-refractivity contribution >= 4 is 23.6 Å².